The van der Waals surface area contributed by atoms with Gasteiger partial charge in [-0.15, -0.1) is 0 Å². The van der Waals surface area contributed by atoms with Gasteiger partial charge in [0.05, 0.1) is 0 Å². The van der Waals surface area contributed by atoms with Crippen LogP contribution in [0.25, 0.3) is 0 Å². The summed E-state index contributed by atoms with van der Waals surface area (Å²) in [5.41, 5.74) is 0. The Morgan fingerprint density at radius 2 is 0.714 bits per heavy atom. The number of hydrogen-bond acceptors (Lipinski definition) is 1. The fraction of sp³-hybridized carbons (Fsp3) is 0. The predicted octanol–water partition coefficient (Wildman–Crippen LogP) is -0.478. The molecule has 0 fully saturated rings. The first-order valence-electron chi connectivity index (χ1n) is 0.129. The topological polar surface area (TPSA) is 103 Å². The van der Waals surface area contributed by atoms with E-state index in [-0.39, 0.29) is 96.3 Å². The molecule has 0 bridgehead atoms. The summed E-state index contributed by atoms with van der Waals surface area (Å²) >= 11 is 2.62. The Labute approximate surface area is 113 Å². The minimum absolute atomic E-state index is 0. The van der Waals surface area contributed by atoms with Gasteiger partial charge in [-0.2, -0.15) is 0 Å². The van der Waals surface area contributed by atoms with Crippen LogP contribution in [0.2, 0.25) is 0 Å². The minimum atomic E-state index is 0. The standard InChI is InChI=1S/2Gd.Ni.4O/q2*+3;;;3*-2. The Morgan fingerprint density at radius 3 is 0.714 bits per heavy atom. The van der Waals surface area contributed by atoms with Crippen LogP contribution in [0.3, 0.4) is 0 Å². The summed E-state index contributed by atoms with van der Waals surface area (Å²) in [7, 11) is 0. The van der Waals surface area contributed by atoms with E-state index in [1.165, 1.54) is 0 Å². The Kier molecular flexibility index (Phi) is 506. The normalized spacial score (nSPS) is 0.857. The molecule has 0 saturated heterocycles. The molecule has 0 rings (SSSR count). The molecule has 0 atom stereocenters. The molecule has 0 aromatic rings. The van der Waals surface area contributed by atoms with Crippen LogP contribution in [0.1, 0.15) is 0 Å². The fourth-order valence-corrected chi connectivity index (χ4v) is 0. The third-order valence-corrected chi connectivity index (χ3v) is 0. The van der Waals surface area contributed by atoms with Crippen LogP contribution >= 0.6 is 0 Å². The molecule has 2 radical (unpaired) electrons. The zero-order valence-corrected chi connectivity index (χ0v) is 8.18. The molecular weight excluding hydrogens is 437 g/mol. The first kappa shape index (κ1) is 52.3. The van der Waals surface area contributed by atoms with E-state index < -0.39 is 0 Å². The molecule has 0 aromatic heterocycles. The van der Waals surface area contributed by atoms with Crippen LogP contribution in [-0.4, -0.2) is 0 Å². The third-order valence-electron chi connectivity index (χ3n) is 0. The van der Waals surface area contributed by atoms with Crippen LogP contribution in [0.5, 0.6) is 0 Å². The molecule has 0 aliphatic carbocycles. The number of rotatable bonds is 0. The Hall–Kier alpha value is 2.82. The maximum absolute atomic E-state index is 7.88. The van der Waals surface area contributed by atoms with Crippen molar-refractivity contribution in [1.29, 1.82) is 0 Å². The Morgan fingerprint density at radius 1 is 0.714 bits per heavy atom. The van der Waals surface area contributed by atoms with Gasteiger partial charge in [-0.1, -0.05) is 0 Å². The van der Waals surface area contributed by atoms with E-state index >= 15 is 0 Å². The second-order valence-electron chi connectivity index (χ2n) is 0. The van der Waals surface area contributed by atoms with Crippen molar-refractivity contribution in [2.75, 3.05) is 0 Å². The van der Waals surface area contributed by atoms with Gasteiger partial charge in [-0.25, -0.2) is 0 Å². The molecule has 0 aliphatic rings. The van der Waals surface area contributed by atoms with E-state index in [4.69, 9.17) is 3.90 Å². The van der Waals surface area contributed by atoms with Crippen molar-refractivity contribution in [2.24, 2.45) is 0 Å². The van der Waals surface area contributed by atoms with E-state index in [1.54, 1.807) is 0 Å². The zero-order valence-electron chi connectivity index (χ0n) is 2.66. The summed E-state index contributed by atoms with van der Waals surface area (Å²) in [6, 6.07) is 0. The molecule has 0 saturated carbocycles. The first-order chi connectivity index (χ1) is 1.00. The third kappa shape index (κ3) is 51.5. The Bertz CT molecular complexity index is 9.65. The quantitative estimate of drug-likeness (QED) is 0.470. The molecule has 0 unspecified atom stereocenters. The average Bonchev–Trinajstić information content (AvgIpc) is 1.00. The van der Waals surface area contributed by atoms with E-state index in [2.05, 4.69) is 15.4 Å². The van der Waals surface area contributed by atoms with Crippen molar-refractivity contribution in [1.82, 2.24) is 0 Å². The number of hydrogen-bond donors (Lipinski definition) is 0. The predicted molar refractivity (Wildman–Crippen MR) is 2.75 cm³/mol. The molecule has 0 aliphatic heterocycles. The molecule has 0 heterocycles. The van der Waals surface area contributed by atoms with Crippen molar-refractivity contribution in [2.45, 2.75) is 0 Å². The van der Waals surface area contributed by atoms with Gasteiger partial charge < -0.3 is 16.4 Å². The molecule has 50 valence electrons. The van der Waals surface area contributed by atoms with Crippen LogP contribution < -0.4 is 0 Å². The average molecular weight is 437 g/mol. The molecule has 0 aromatic carbocycles. The van der Waals surface area contributed by atoms with Crippen LogP contribution in [-0.2, 0) is 35.7 Å². The van der Waals surface area contributed by atoms with Crippen LogP contribution in [0.15, 0.2) is 0 Å². The summed E-state index contributed by atoms with van der Waals surface area (Å²) in [5.74, 6) is 0. The van der Waals surface area contributed by atoms with E-state index in [0.717, 1.165) is 0 Å². The molecule has 0 spiro atoms. The van der Waals surface area contributed by atoms with Gasteiger partial charge in [0, 0.05) is 0 Å². The van der Waals surface area contributed by atoms with E-state index in [9.17, 15) is 0 Å². The van der Waals surface area contributed by atoms with Crippen LogP contribution in [0.4, 0.5) is 0 Å². The van der Waals surface area contributed by atoms with Gasteiger partial charge in [-0.05, 0) is 0 Å². The van der Waals surface area contributed by atoms with Crippen molar-refractivity contribution < 1.29 is 116 Å². The van der Waals surface area contributed by atoms with E-state index in [0.29, 0.717) is 0 Å². The van der Waals surface area contributed by atoms with Crippen molar-refractivity contribution >= 4 is 0 Å². The molecule has 0 N–H and O–H groups in total. The fourth-order valence-electron chi connectivity index (χ4n) is 0. The van der Waals surface area contributed by atoms with Gasteiger partial charge in [0.15, 0.2) is 0 Å². The molecule has 4 nitrogen and oxygen atoms in total. The second-order valence-corrected chi connectivity index (χ2v) is 0. The van der Waals surface area contributed by atoms with Gasteiger partial charge in [0.2, 0.25) is 0 Å². The SMILES string of the molecule is [Gd+3].[Gd+3].[O-2].[O-2].[O-2].[O]=[Ni]. The summed E-state index contributed by atoms with van der Waals surface area (Å²) in [6.45, 7) is 0. The van der Waals surface area contributed by atoms with Gasteiger partial charge in [0.25, 0.3) is 0 Å². The second kappa shape index (κ2) is 67.8. The summed E-state index contributed by atoms with van der Waals surface area (Å²) < 4.78 is 7.88. The maximum atomic E-state index is 7.88. The van der Waals surface area contributed by atoms with Gasteiger partial charge in [-0.3, -0.25) is 0 Å². The first-order valence-corrected chi connectivity index (χ1v) is 0.532. The molecule has 0 amide bonds. The van der Waals surface area contributed by atoms with Crippen LogP contribution in [0, 0.1) is 79.9 Å². The van der Waals surface area contributed by atoms with Gasteiger partial charge >= 0.3 is 99.2 Å². The zero-order chi connectivity index (χ0) is 2.00. The van der Waals surface area contributed by atoms with E-state index in [1.807, 2.05) is 0 Å². The monoisotopic (exact) mass is 438 g/mol. The van der Waals surface area contributed by atoms with Crippen molar-refractivity contribution in [3.63, 3.8) is 0 Å². The summed E-state index contributed by atoms with van der Waals surface area (Å²) in [4.78, 5) is 0. The van der Waals surface area contributed by atoms with Crippen molar-refractivity contribution in [3.05, 3.63) is 0 Å². The molecule has 7 heavy (non-hydrogen) atoms. The molecule has 7 heteroatoms. The Balaban J connectivity index is -0.000000000500. The van der Waals surface area contributed by atoms with Gasteiger partial charge in [0.1, 0.15) is 0 Å². The molecular formula is Gd2NiO4. The summed E-state index contributed by atoms with van der Waals surface area (Å²) in [5, 5.41) is 0. The van der Waals surface area contributed by atoms with Crippen molar-refractivity contribution in [3.8, 4) is 0 Å². The summed E-state index contributed by atoms with van der Waals surface area (Å²) in [6.07, 6.45) is 0.